The monoisotopic (exact) mass is 166 g/mol. The fraction of sp³-hybridized carbons (Fsp3) is 0.333. The Morgan fingerprint density at radius 3 is 3.00 bits per heavy atom. The maximum Gasteiger partial charge on any atom is 0.231 e. The number of hydrogen-bond donors (Lipinski definition) is 1. The summed E-state index contributed by atoms with van der Waals surface area (Å²) in [5.74, 6) is 1.42. The SMILES string of the molecule is Cc1ccc2c(c1CO)OCO2. The van der Waals surface area contributed by atoms with E-state index >= 15 is 0 Å². The third kappa shape index (κ3) is 0.940. The van der Waals surface area contributed by atoms with Gasteiger partial charge in [0.1, 0.15) is 0 Å². The van der Waals surface area contributed by atoms with Crippen LogP contribution in [0, 0.1) is 6.92 Å². The number of rotatable bonds is 1. The molecular weight excluding hydrogens is 156 g/mol. The largest absolute Gasteiger partial charge is 0.454 e. The van der Waals surface area contributed by atoms with Crippen molar-refractivity contribution in [1.29, 1.82) is 0 Å². The number of ether oxygens (including phenoxy) is 2. The van der Waals surface area contributed by atoms with E-state index < -0.39 is 0 Å². The van der Waals surface area contributed by atoms with Crippen LogP contribution in [0.3, 0.4) is 0 Å². The number of aliphatic hydroxyl groups is 1. The molecule has 1 aromatic rings. The topological polar surface area (TPSA) is 38.7 Å². The first-order chi connectivity index (χ1) is 5.83. The van der Waals surface area contributed by atoms with Gasteiger partial charge in [0.2, 0.25) is 6.79 Å². The molecule has 1 aliphatic heterocycles. The summed E-state index contributed by atoms with van der Waals surface area (Å²) < 4.78 is 10.4. The van der Waals surface area contributed by atoms with E-state index in [0.29, 0.717) is 5.75 Å². The fourth-order valence-electron chi connectivity index (χ4n) is 1.33. The van der Waals surface area contributed by atoms with E-state index in [0.717, 1.165) is 16.9 Å². The van der Waals surface area contributed by atoms with Crippen LogP contribution in [0.1, 0.15) is 11.1 Å². The summed E-state index contributed by atoms with van der Waals surface area (Å²) in [6.45, 7) is 2.19. The first kappa shape index (κ1) is 7.43. The van der Waals surface area contributed by atoms with Crippen LogP contribution < -0.4 is 9.47 Å². The van der Waals surface area contributed by atoms with Gasteiger partial charge in [-0.1, -0.05) is 6.07 Å². The summed E-state index contributed by atoms with van der Waals surface area (Å²) in [5.41, 5.74) is 1.85. The number of hydrogen-bond acceptors (Lipinski definition) is 3. The molecule has 0 saturated carbocycles. The van der Waals surface area contributed by atoms with Crippen molar-refractivity contribution in [3.63, 3.8) is 0 Å². The van der Waals surface area contributed by atoms with Crippen molar-refractivity contribution < 1.29 is 14.6 Å². The Morgan fingerprint density at radius 2 is 2.25 bits per heavy atom. The molecule has 1 aliphatic rings. The molecule has 1 N–H and O–H groups in total. The molecule has 12 heavy (non-hydrogen) atoms. The second kappa shape index (κ2) is 2.68. The highest BCUT2D eigenvalue weighted by atomic mass is 16.7. The normalized spacial score (nSPS) is 13.5. The number of benzene rings is 1. The van der Waals surface area contributed by atoms with Crippen LogP contribution in [0.4, 0.5) is 0 Å². The standard InChI is InChI=1S/C9H10O3/c1-6-2-3-8-9(7(6)4-10)12-5-11-8/h2-3,10H,4-5H2,1H3. The molecule has 0 fully saturated rings. The quantitative estimate of drug-likeness (QED) is 0.681. The smallest absolute Gasteiger partial charge is 0.231 e. The predicted molar refractivity (Wildman–Crippen MR) is 43.2 cm³/mol. The van der Waals surface area contributed by atoms with Crippen LogP contribution in [0.15, 0.2) is 12.1 Å². The molecule has 0 aromatic heterocycles. The molecule has 0 bridgehead atoms. The third-order valence-corrected chi connectivity index (χ3v) is 2.03. The summed E-state index contributed by atoms with van der Waals surface area (Å²) in [6.07, 6.45) is 0. The van der Waals surface area contributed by atoms with Crippen molar-refractivity contribution in [2.75, 3.05) is 6.79 Å². The van der Waals surface area contributed by atoms with Crippen molar-refractivity contribution in [2.24, 2.45) is 0 Å². The maximum absolute atomic E-state index is 9.05. The van der Waals surface area contributed by atoms with Crippen molar-refractivity contribution >= 4 is 0 Å². The molecular formula is C9H10O3. The average Bonchev–Trinajstić information content (AvgIpc) is 2.52. The minimum atomic E-state index is -0.00162. The van der Waals surface area contributed by atoms with Gasteiger partial charge in [-0.25, -0.2) is 0 Å². The van der Waals surface area contributed by atoms with Crippen LogP contribution in [0.2, 0.25) is 0 Å². The van der Waals surface area contributed by atoms with Gasteiger partial charge in [0.05, 0.1) is 6.61 Å². The molecule has 64 valence electrons. The lowest BCUT2D eigenvalue weighted by molar-refractivity contribution is 0.171. The molecule has 0 spiro atoms. The second-order valence-corrected chi connectivity index (χ2v) is 2.75. The highest BCUT2D eigenvalue weighted by molar-refractivity contribution is 5.51. The molecule has 3 heteroatoms. The van der Waals surface area contributed by atoms with E-state index in [2.05, 4.69) is 0 Å². The van der Waals surface area contributed by atoms with E-state index in [1.165, 1.54) is 0 Å². The van der Waals surface area contributed by atoms with Gasteiger partial charge in [-0.2, -0.15) is 0 Å². The van der Waals surface area contributed by atoms with Gasteiger partial charge in [0, 0.05) is 5.56 Å². The highest BCUT2D eigenvalue weighted by Crippen LogP contribution is 2.37. The lowest BCUT2D eigenvalue weighted by atomic mass is 10.1. The Kier molecular flexibility index (Phi) is 1.66. The van der Waals surface area contributed by atoms with Crippen LogP contribution >= 0.6 is 0 Å². The zero-order chi connectivity index (χ0) is 8.55. The number of aryl methyl sites for hydroxylation is 1. The van der Waals surface area contributed by atoms with E-state index in [4.69, 9.17) is 14.6 Å². The number of fused-ring (bicyclic) bond motifs is 1. The van der Waals surface area contributed by atoms with Crippen molar-refractivity contribution in [2.45, 2.75) is 13.5 Å². The van der Waals surface area contributed by atoms with Gasteiger partial charge in [0.25, 0.3) is 0 Å². The molecule has 0 unspecified atom stereocenters. The summed E-state index contributed by atoms with van der Waals surface area (Å²) in [4.78, 5) is 0. The number of aliphatic hydroxyl groups excluding tert-OH is 1. The Bertz CT molecular complexity index is 307. The Morgan fingerprint density at radius 1 is 1.42 bits per heavy atom. The molecule has 2 rings (SSSR count). The van der Waals surface area contributed by atoms with Crippen molar-refractivity contribution in [1.82, 2.24) is 0 Å². The summed E-state index contributed by atoms with van der Waals surface area (Å²) in [6, 6.07) is 3.77. The lowest BCUT2D eigenvalue weighted by Gasteiger charge is -2.05. The minimum absolute atomic E-state index is 0.00162. The Labute approximate surface area is 70.5 Å². The van der Waals surface area contributed by atoms with E-state index in [-0.39, 0.29) is 13.4 Å². The first-order valence-corrected chi connectivity index (χ1v) is 3.82. The first-order valence-electron chi connectivity index (χ1n) is 3.82. The second-order valence-electron chi connectivity index (χ2n) is 2.75. The lowest BCUT2D eigenvalue weighted by Crippen LogP contribution is -1.95. The Balaban J connectivity index is 2.57. The van der Waals surface area contributed by atoms with Crippen molar-refractivity contribution in [3.05, 3.63) is 23.3 Å². The molecule has 0 amide bonds. The van der Waals surface area contributed by atoms with Crippen LogP contribution in [-0.2, 0) is 6.61 Å². The van der Waals surface area contributed by atoms with Crippen LogP contribution in [0.25, 0.3) is 0 Å². The van der Waals surface area contributed by atoms with E-state index in [9.17, 15) is 0 Å². The van der Waals surface area contributed by atoms with E-state index in [1.54, 1.807) is 0 Å². The molecule has 0 aliphatic carbocycles. The van der Waals surface area contributed by atoms with Gasteiger partial charge in [-0.05, 0) is 18.6 Å². The fourth-order valence-corrected chi connectivity index (χ4v) is 1.33. The van der Waals surface area contributed by atoms with Crippen LogP contribution in [0.5, 0.6) is 11.5 Å². The minimum Gasteiger partial charge on any atom is -0.454 e. The predicted octanol–water partition coefficient (Wildman–Crippen LogP) is 1.22. The molecule has 1 aromatic carbocycles. The molecule has 1 heterocycles. The maximum atomic E-state index is 9.05. The average molecular weight is 166 g/mol. The van der Waals surface area contributed by atoms with Crippen molar-refractivity contribution in [3.8, 4) is 11.5 Å². The molecule has 0 atom stereocenters. The van der Waals surface area contributed by atoms with E-state index in [1.807, 2.05) is 19.1 Å². The van der Waals surface area contributed by atoms with Gasteiger partial charge < -0.3 is 14.6 Å². The third-order valence-electron chi connectivity index (χ3n) is 2.03. The molecule has 0 radical (unpaired) electrons. The van der Waals surface area contributed by atoms with Crippen LogP contribution in [-0.4, -0.2) is 11.9 Å². The van der Waals surface area contributed by atoms with Gasteiger partial charge in [-0.3, -0.25) is 0 Å². The molecule has 3 nitrogen and oxygen atoms in total. The zero-order valence-corrected chi connectivity index (χ0v) is 6.83. The van der Waals surface area contributed by atoms with Gasteiger partial charge in [0.15, 0.2) is 11.5 Å². The van der Waals surface area contributed by atoms with Gasteiger partial charge >= 0.3 is 0 Å². The summed E-state index contributed by atoms with van der Waals surface area (Å²) in [5, 5.41) is 9.05. The summed E-state index contributed by atoms with van der Waals surface area (Å²) in [7, 11) is 0. The highest BCUT2D eigenvalue weighted by Gasteiger charge is 2.18. The summed E-state index contributed by atoms with van der Waals surface area (Å²) >= 11 is 0. The molecule has 0 saturated heterocycles. The Hall–Kier alpha value is -1.22. The zero-order valence-electron chi connectivity index (χ0n) is 6.83. The van der Waals surface area contributed by atoms with Gasteiger partial charge in [-0.15, -0.1) is 0 Å².